The Kier molecular flexibility index (Phi) is 2.88. The fourth-order valence-corrected chi connectivity index (χ4v) is 1.27. The van der Waals surface area contributed by atoms with Crippen molar-refractivity contribution in [1.29, 1.82) is 5.26 Å². The van der Waals surface area contributed by atoms with E-state index in [2.05, 4.69) is 4.98 Å². The van der Waals surface area contributed by atoms with Crippen LogP contribution in [-0.2, 0) is 0 Å². The van der Waals surface area contributed by atoms with Crippen LogP contribution in [-0.4, -0.2) is 4.98 Å². The van der Waals surface area contributed by atoms with Crippen molar-refractivity contribution in [1.82, 2.24) is 4.98 Å². The van der Waals surface area contributed by atoms with Crippen LogP contribution in [0, 0.1) is 17.1 Å². The molecule has 5 heteroatoms. The number of aromatic nitrogens is 1. The summed E-state index contributed by atoms with van der Waals surface area (Å²) in [6, 6.07) is 10.7. The number of nitrogens with zero attached hydrogens (tertiary/aromatic N) is 2. The van der Waals surface area contributed by atoms with Gasteiger partial charge in [-0.15, -0.1) is 0 Å². The third kappa shape index (κ3) is 2.32. The highest BCUT2D eigenvalue weighted by Crippen LogP contribution is 2.29. The van der Waals surface area contributed by atoms with E-state index in [1.54, 1.807) is 6.07 Å². The van der Waals surface area contributed by atoms with Gasteiger partial charge in [0.2, 0.25) is 5.88 Å². The van der Waals surface area contributed by atoms with E-state index in [1.807, 2.05) is 6.07 Å². The van der Waals surface area contributed by atoms with Crippen molar-refractivity contribution in [3.8, 4) is 17.7 Å². The molecule has 2 aromatic rings. The minimum Gasteiger partial charge on any atom is -0.434 e. The number of hydrogen-bond donors (Lipinski definition) is 1. The molecule has 2 N–H and O–H groups in total. The number of anilines is 1. The first-order valence-electron chi connectivity index (χ1n) is 4.79. The second-order valence-electron chi connectivity index (χ2n) is 3.23. The van der Waals surface area contributed by atoms with Gasteiger partial charge in [0.05, 0.1) is 5.69 Å². The summed E-state index contributed by atoms with van der Waals surface area (Å²) >= 11 is 0. The largest absolute Gasteiger partial charge is 0.434 e. The topological polar surface area (TPSA) is 71.9 Å². The molecule has 0 unspecified atom stereocenters. The van der Waals surface area contributed by atoms with Crippen molar-refractivity contribution in [3.05, 3.63) is 47.9 Å². The molecule has 0 atom stereocenters. The normalized spacial score (nSPS) is 9.65. The van der Waals surface area contributed by atoms with Gasteiger partial charge in [0.1, 0.15) is 11.8 Å². The van der Waals surface area contributed by atoms with Crippen molar-refractivity contribution < 1.29 is 9.13 Å². The van der Waals surface area contributed by atoms with Gasteiger partial charge in [-0.25, -0.2) is 9.37 Å². The highest BCUT2D eigenvalue weighted by molar-refractivity contribution is 5.54. The van der Waals surface area contributed by atoms with Crippen LogP contribution in [0.2, 0.25) is 0 Å². The van der Waals surface area contributed by atoms with Gasteiger partial charge < -0.3 is 10.5 Å². The van der Waals surface area contributed by atoms with Crippen LogP contribution >= 0.6 is 0 Å². The van der Waals surface area contributed by atoms with Crippen molar-refractivity contribution in [3.63, 3.8) is 0 Å². The molecule has 0 amide bonds. The molecular formula is C12H8FN3O. The molecule has 0 aliphatic heterocycles. The van der Waals surface area contributed by atoms with E-state index in [0.717, 1.165) is 0 Å². The van der Waals surface area contributed by atoms with Gasteiger partial charge >= 0.3 is 0 Å². The molecule has 0 radical (unpaired) electrons. The number of nitrogen functional groups attached to an aromatic ring is 1. The molecule has 4 nitrogen and oxygen atoms in total. The minimum absolute atomic E-state index is 0.0879. The van der Waals surface area contributed by atoms with Gasteiger partial charge in [-0.2, -0.15) is 5.26 Å². The molecule has 84 valence electrons. The summed E-state index contributed by atoms with van der Waals surface area (Å²) in [7, 11) is 0. The van der Waals surface area contributed by atoms with E-state index in [9.17, 15) is 4.39 Å². The maximum atomic E-state index is 13.4. The Labute approximate surface area is 97.1 Å². The molecule has 0 aliphatic rings. The summed E-state index contributed by atoms with van der Waals surface area (Å²) < 4.78 is 18.6. The monoisotopic (exact) mass is 229 g/mol. The number of nitriles is 1. The molecule has 1 aromatic carbocycles. The molecule has 1 heterocycles. The van der Waals surface area contributed by atoms with Gasteiger partial charge in [0.15, 0.2) is 11.6 Å². The van der Waals surface area contributed by atoms with Crippen LogP contribution in [0.3, 0.4) is 0 Å². The van der Waals surface area contributed by atoms with Crippen LogP contribution < -0.4 is 10.5 Å². The molecule has 0 bridgehead atoms. The Morgan fingerprint density at radius 1 is 1.24 bits per heavy atom. The summed E-state index contributed by atoms with van der Waals surface area (Å²) in [5.41, 5.74) is 5.95. The number of ether oxygens (including phenoxy) is 1. The third-order valence-corrected chi connectivity index (χ3v) is 2.04. The number of para-hydroxylation sites is 1. The molecule has 0 saturated heterocycles. The number of hydrogen-bond acceptors (Lipinski definition) is 4. The van der Waals surface area contributed by atoms with Gasteiger partial charge in [-0.05, 0) is 18.2 Å². The van der Waals surface area contributed by atoms with E-state index in [4.69, 9.17) is 15.7 Å². The molecule has 0 saturated carbocycles. The summed E-state index contributed by atoms with van der Waals surface area (Å²) in [5.74, 6) is -0.537. The molecule has 0 aliphatic carbocycles. The van der Waals surface area contributed by atoms with Gasteiger partial charge in [-0.1, -0.05) is 12.1 Å². The number of benzene rings is 1. The van der Waals surface area contributed by atoms with Crippen molar-refractivity contribution in [2.45, 2.75) is 0 Å². The zero-order valence-electron chi connectivity index (χ0n) is 8.72. The van der Waals surface area contributed by atoms with Crippen LogP contribution in [0.25, 0.3) is 0 Å². The maximum Gasteiger partial charge on any atom is 0.220 e. The van der Waals surface area contributed by atoms with Crippen LogP contribution in [0.15, 0.2) is 36.4 Å². The third-order valence-electron chi connectivity index (χ3n) is 2.04. The lowest BCUT2D eigenvalue weighted by atomic mass is 10.3. The smallest absolute Gasteiger partial charge is 0.220 e. The second-order valence-corrected chi connectivity index (χ2v) is 3.23. The van der Waals surface area contributed by atoms with Crippen LogP contribution in [0.5, 0.6) is 11.6 Å². The maximum absolute atomic E-state index is 13.4. The highest BCUT2D eigenvalue weighted by Gasteiger charge is 2.09. The van der Waals surface area contributed by atoms with E-state index >= 15 is 0 Å². The fraction of sp³-hybridized carbons (Fsp3) is 0. The minimum atomic E-state index is -0.575. The van der Waals surface area contributed by atoms with Crippen molar-refractivity contribution >= 4 is 5.69 Å². The van der Waals surface area contributed by atoms with E-state index in [1.165, 1.54) is 30.3 Å². The summed E-state index contributed by atoms with van der Waals surface area (Å²) in [6.07, 6.45) is 0. The average Bonchev–Trinajstić information content (AvgIpc) is 2.34. The predicted molar refractivity (Wildman–Crippen MR) is 59.8 cm³/mol. The zero-order chi connectivity index (χ0) is 12.3. The molecule has 0 spiro atoms. The number of rotatable bonds is 2. The van der Waals surface area contributed by atoms with Crippen molar-refractivity contribution in [2.24, 2.45) is 0 Å². The molecule has 17 heavy (non-hydrogen) atoms. The first kappa shape index (κ1) is 10.9. The lowest BCUT2D eigenvalue weighted by Crippen LogP contribution is -1.96. The van der Waals surface area contributed by atoms with Crippen molar-refractivity contribution in [2.75, 3.05) is 5.73 Å². The van der Waals surface area contributed by atoms with Gasteiger partial charge in [0.25, 0.3) is 0 Å². The Hall–Kier alpha value is -2.61. The summed E-state index contributed by atoms with van der Waals surface area (Å²) in [6.45, 7) is 0. The standard InChI is InChI=1S/C12H8FN3O/c13-9-4-2-5-10(15)12(9)17-11-6-1-3-8(7-14)16-11/h1-6H,15H2. The summed E-state index contributed by atoms with van der Waals surface area (Å²) in [5, 5.41) is 8.67. The zero-order valence-corrected chi connectivity index (χ0v) is 8.72. The Morgan fingerprint density at radius 2 is 2.00 bits per heavy atom. The Balaban J connectivity index is 2.35. The Bertz CT molecular complexity index is 572. The highest BCUT2D eigenvalue weighted by atomic mass is 19.1. The first-order chi connectivity index (χ1) is 8.20. The predicted octanol–water partition coefficient (Wildman–Crippen LogP) is 2.47. The number of pyridine rings is 1. The van der Waals surface area contributed by atoms with Gasteiger partial charge in [0, 0.05) is 6.07 Å². The molecular weight excluding hydrogens is 221 g/mol. The Morgan fingerprint density at radius 3 is 2.71 bits per heavy atom. The SMILES string of the molecule is N#Cc1cccc(Oc2c(N)cccc2F)n1. The lowest BCUT2D eigenvalue weighted by Gasteiger charge is -2.08. The van der Waals surface area contributed by atoms with Gasteiger partial charge in [-0.3, -0.25) is 0 Å². The molecule has 2 rings (SSSR count). The van der Waals surface area contributed by atoms with Crippen LogP contribution in [0.4, 0.5) is 10.1 Å². The summed E-state index contributed by atoms with van der Waals surface area (Å²) in [4.78, 5) is 3.86. The fourth-order valence-electron chi connectivity index (χ4n) is 1.27. The second kappa shape index (κ2) is 4.49. The lowest BCUT2D eigenvalue weighted by molar-refractivity contribution is 0.429. The van der Waals surface area contributed by atoms with Crippen LogP contribution in [0.1, 0.15) is 5.69 Å². The van der Waals surface area contributed by atoms with E-state index in [-0.39, 0.29) is 23.0 Å². The quantitative estimate of drug-likeness (QED) is 0.803. The number of halogens is 1. The average molecular weight is 229 g/mol. The van der Waals surface area contributed by atoms with E-state index in [0.29, 0.717) is 0 Å². The molecule has 1 aromatic heterocycles. The number of nitrogens with two attached hydrogens (primary N) is 1. The first-order valence-corrected chi connectivity index (χ1v) is 4.79. The van der Waals surface area contributed by atoms with E-state index < -0.39 is 5.82 Å². The molecule has 0 fully saturated rings.